The van der Waals surface area contributed by atoms with E-state index in [0.29, 0.717) is 12.8 Å². The standard InChI is InChI=1S/C18H20IO.C10H16O4S/c1-13(20)16-12-14(18(2,3)4)10-11-17(16)19-15-8-6-5-7-9-15;1-9(2)7-3-4-10(9,8(11)5-7)6-15(12,13)14/h5-12H,1-4H3;7H,3-6H2,1-2H3,(H,12,13,14)/q+1;/p-1. The van der Waals surface area contributed by atoms with E-state index in [1.54, 1.807) is 6.92 Å². The van der Waals surface area contributed by atoms with Crippen molar-refractivity contribution < 1.29 is 43.8 Å². The van der Waals surface area contributed by atoms with E-state index >= 15 is 0 Å². The lowest BCUT2D eigenvalue weighted by atomic mass is 9.70. The summed E-state index contributed by atoms with van der Waals surface area (Å²) < 4.78 is 35.2. The molecule has 2 aliphatic rings. The second-order valence-electron chi connectivity index (χ2n) is 11.3. The Morgan fingerprint density at radius 1 is 1.11 bits per heavy atom. The summed E-state index contributed by atoms with van der Waals surface area (Å²) in [6, 6.07) is 16.9. The van der Waals surface area contributed by atoms with Gasteiger partial charge < -0.3 is 4.55 Å². The van der Waals surface area contributed by atoms with Crippen molar-refractivity contribution in [3.05, 3.63) is 66.8 Å². The van der Waals surface area contributed by atoms with E-state index in [4.69, 9.17) is 0 Å². The largest absolute Gasteiger partial charge is 0.748 e. The number of hydrogen-bond acceptors (Lipinski definition) is 5. The number of ketones is 2. The minimum absolute atomic E-state index is 0.0248. The van der Waals surface area contributed by atoms with Crippen LogP contribution in [0.15, 0.2) is 48.5 Å². The van der Waals surface area contributed by atoms with Crippen LogP contribution in [0.3, 0.4) is 0 Å². The Kier molecular flexibility index (Phi) is 8.04. The maximum absolute atomic E-state index is 12.0. The molecule has 0 saturated heterocycles. The monoisotopic (exact) mass is 610 g/mol. The van der Waals surface area contributed by atoms with Gasteiger partial charge in [0.15, 0.2) is 9.35 Å². The number of carbonyl (C=O) groups is 2. The average molecular weight is 611 g/mol. The summed E-state index contributed by atoms with van der Waals surface area (Å²) in [6.45, 7) is 12.0. The average Bonchev–Trinajstić information content (AvgIpc) is 3.07. The predicted molar refractivity (Wildman–Crippen MR) is 132 cm³/mol. The summed E-state index contributed by atoms with van der Waals surface area (Å²) >= 11 is -0.297. The van der Waals surface area contributed by atoms with E-state index in [9.17, 15) is 22.6 Å². The van der Waals surface area contributed by atoms with Gasteiger partial charge in [0.2, 0.25) is 3.57 Å². The molecule has 0 N–H and O–H groups in total. The Labute approximate surface area is 220 Å². The quantitative estimate of drug-likeness (QED) is 0.295. The van der Waals surface area contributed by atoms with Crippen LogP contribution in [-0.4, -0.2) is 30.3 Å². The van der Waals surface area contributed by atoms with Crippen LogP contribution in [0.4, 0.5) is 0 Å². The molecule has 5 nitrogen and oxygen atoms in total. The minimum Gasteiger partial charge on any atom is -0.748 e. The first-order valence-corrected chi connectivity index (χ1v) is 15.6. The first-order chi connectivity index (χ1) is 16.1. The fourth-order valence-corrected chi connectivity index (χ4v) is 9.26. The summed E-state index contributed by atoms with van der Waals surface area (Å²) in [6.07, 6.45) is 1.88. The van der Waals surface area contributed by atoms with Crippen molar-refractivity contribution in [2.75, 3.05) is 5.75 Å². The SMILES string of the molecule is CC(=O)c1cc(C(C)(C)C)ccc1[I+]c1ccccc1.CC1(C)C2CCC1(CS(=O)(=O)[O-])C(=O)C2. The smallest absolute Gasteiger partial charge is 0.358 e. The molecule has 2 fully saturated rings. The van der Waals surface area contributed by atoms with Crippen LogP contribution in [0.1, 0.15) is 76.7 Å². The van der Waals surface area contributed by atoms with Gasteiger partial charge in [-0.2, -0.15) is 0 Å². The summed E-state index contributed by atoms with van der Waals surface area (Å²) in [5.41, 5.74) is 0.978. The van der Waals surface area contributed by atoms with Gasteiger partial charge in [-0.1, -0.05) is 58.9 Å². The van der Waals surface area contributed by atoms with Gasteiger partial charge in [-0.25, -0.2) is 8.42 Å². The molecular formula is C28H35IO5S. The van der Waals surface area contributed by atoms with Crippen LogP contribution in [0.25, 0.3) is 0 Å². The highest BCUT2D eigenvalue weighted by molar-refractivity contribution is 7.85. The highest BCUT2D eigenvalue weighted by Crippen LogP contribution is 2.64. The van der Waals surface area contributed by atoms with E-state index in [1.807, 2.05) is 19.9 Å². The zero-order valence-electron chi connectivity index (χ0n) is 21.4. The van der Waals surface area contributed by atoms with Gasteiger partial charge in [-0.3, -0.25) is 9.59 Å². The molecule has 4 rings (SSSR count). The molecule has 0 aromatic heterocycles. The van der Waals surface area contributed by atoms with Gasteiger partial charge in [0.05, 0.1) is 21.4 Å². The van der Waals surface area contributed by atoms with Gasteiger partial charge in [-0.05, 0) is 66.3 Å². The van der Waals surface area contributed by atoms with E-state index in [0.717, 1.165) is 12.0 Å². The molecule has 0 spiro atoms. The molecule has 2 aromatic carbocycles. The first kappa shape index (κ1) is 28.0. The maximum Gasteiger partial charge on any atom is 0.358 e. The lowest BCUT2D eigenvalue weighted by Gasteiger charge is -2.37. The number of benzene rings is 2. The van der Waals surface area contributed by atoms with E-state index in [1.165, 1.54) is 12.7 Å². The Bertz CT molecular complexity index is 1210. The van der Waals surface area contributed by atoms with Crippen molar-refractivity contribution >= 4 is 21.7 Å². The van der Waals surface area contributed by atoms with Crippen LogP contribution in [0.2, 0.25) is 0 Å². The number of rotatable bonds is 5. The van der Waals surface area contributed by atoms with Crippen molar-refractivity contribution in [2.45, 2.75) is 66.2 Å². The lowest BCUT2D eigenvalue weighted by Crippen LogP contribution is -3.61. The van der Waals surface area contributed by atoms with Crippen LogP contribution < -0.4 is 21.2 Å². The van der Waals surface area contributed by atoms with Crippen LogP contribution in [-0.2, 0) is 20.3 Å². The molecule has 35 heavy (non-hydrogen) atoms. The summed E-state index contributed by atoms with van der Waals surface area (Å²) in [5.74, 6) is -0.112. The van der Waals surface area contributed by atoms with E-state index < -0.39 is 21.3 Å². The highest BCUT2D eigenvalue weighted by atomic mass is 127. The molecule has 0 radical (unpaired) electrons. The number of halogens is 1. The van der Waals surface area contributed by atoms with Crippen molar-refractivity contribution in [3.63, 3.8) is 0 Å². The number of carbonyl (C=O) groups excluding carboxylic acids is 2. The van der Waals surface area contributed by atoms with Crippen molar-refractivity contribution in [1.29, 1.82) is 0 Å². The minimum atomic E-state index is -4.33. The Morgan fingerprint density at radius 2 is 1.74 bits per heavy atom. The Hall–Kier alpha value is -1.58. The second kappa shape index (κ2) is 10.1. The lowest BCUT2D eigenvalue weighted by molar-refractivity contribution is -0.597. The van der Waals surface area contributed by atoms with Crippen LogP contribution in [0.5, 0.6) is 0 Å². The first-order valence-electron chi connectivity index (χ1n) is 11.9. The highest BCUT2D eigenvalue weighted by Gasteiger charge is 2.64. The Morgan fingerprint density at radius 3 is 2.20 bits per heavy atom. The molecule has 2 unspecified atom stereocenters. The summed E-state index contributed by atoms with van der Waals surface area (Å²) in [7, 11) is -4.33. The van der Waals surface area contributed by atoms with Gasteiger partial charge in [0.25, 0.3) is 0 Å². The third kappa shape index (κ3) is 6.05. The number of Topliss-reactive ketones (excluding diaryl/α,β-unsaturated/α-hetero) is 2. The maximum atomic E-state index is 12.0. The fraction of sp³-hybridized carbons (Fsp3) is 0.500. The molecular weight excluding hydrogens is 575 g/mol. The van der Waals surface area contributed by atoms with Gasteiger partial charge in [0.1, 0.15) is 5.78 Å². The summed E-state index contributed by atoms with van der Waals surface area (Å²) in [5, 5.41) is 0. The van der Waals surface area contributed by atoms with Crippen molar-refractivity contribution in [2.24, 2.45) is 16.7 Å². The van der Waals surface area contributed by atoms with Crippen LogP contribution >= 0.6 is 0 Å². The molecule has 7 heteroatoms. The molecule has 0 amide bonds. The van der Waals surface area contributed by atoms with Crippen molar-refractivity contribution in [1.82, 2.24) is 0 Å². The van der Waals surface area contributed by atoms with Gasteiger partial charge in [0, 0.05) is 11.8 Å². The third-order valence-corrected chi connectivity index (χ3v) is 11.4. The van der Waals surface area contributed by atoms with Crippen LogP contribution in [0, 0.1) is 23.9 Å². The third-order valence-electron chi connectivity index (χ3n) is 7.72. The molecule has 2 saturated carbocycles. The predicted octanol–water partition coefficient (Wildman–Crippen LogP) is 2.24. The number of hydrogen-bond donors (Lipinski definition) is 0. The van der Waals surface area contributed by atoms with Gasteiger partial charge >= 0.3 is 21.2 Å². The second-order valence-corrected chi connectivity index (χ2v) is 15.6. The summed E-state index contributed by atoms with van der Waals surface area (Å²) in [4.78, 5) is 23.8. The Balaban J connectivity index is 0.000000203. The molecule has 0 heterocycles. The topological polar surface area (TPSA) is 91.3 Å². The molecule has 190 valence electrons. The van der Waals surface area contributed by atoms with Gasteiger partial charge in [-0.15, -0.1) is 0 Å². The van der Waals surface area contributed by atoms with E-state index in [2.05, 4.69) is 63.2 Å². The number of fused-ring (bicyclic) bond motifs is 2. The molecule has 2 bridgehead atoms. The van der Waals surface area contributed by atoms with E-state index in [-0.39, 0.29) is 49.5 Å². The fourth-order valence-electron chi connectivity index (χ4n) is 5.35. The zero-order valence-corrected chi connectivity index (χ0v) is 24.3. The molecule has 2 atom stereocenters. The molecule has 2 aliphatic carbocycles. The molecule has 2 aromatic rings. The molecule has 0 aliphatic heterocycles. The zero-order chi connectivity index (χ0) is 26.2. The normalized spacial score (nSPS) is 23.1. The van der Waals surface area contributed by atoms with Crippen molar-refractivity contribution in [3.8, 4) is 0 Å².